The van der Waals surface area contributed by atoms with Crippen LogP contribution in [-0.4, -0.2) is 22.6 Å². The third kappa shape index (κ3) is 3.64. The third-order valence-corrected chi connectivity index (χ3v) is 4.16. The fraction of sp³-hybridized carbons (Fsp3) is 0.385. The lowest BCUT2D eigenvalue weighted by Crippen LogP contribution is -2.55. The van der Waals surface area contributed by atoms with E-state index in [2.05, 4.69) is 26.6 Å². The van der Waals surface area contributed by atoms with Crippen LogP contribution in [0.4, 0.5) is 10.5 Å². The van der Waals surface area contributed by atoms with Crippen LogP contribution >= 0.6 is 27.5 Å². The van der Waals surface area contributed by atoms with E-state index < -0.39 is 17.5 Å². The summed E-state index contributed by atoms with van der Waals surface area (Å²) in [6.45, 7) is 0. The van der Waals surface area contributed by atoms with Gasteiger partial charge in [0.2, 0.25) is 0 Å². The largest absolute Gasteiger partial charge is 0.481 e. The van der Waals surface area contributed by atoms with Gasteiger partial charge in [0, 0.05) is 4.47 Å². The number of amides is 2. The number of aliphatic carboxylic acids is 1. The number of rotatable bonds is 4. The van der Waals surface area contributed by atoms with Gasteiger partial charge in [-0.25, -0.2) is 4.79 Å². The molecule has 1 saturated carbocycles. The van der Waals surface area contributed by atoms with Crippen LogP contribution in [0.15, 0.2) is 22.7 Å². The molecule has 0 radical (unpaired) electrons. The minimum absolute atomic E-state index is 0.0610. The zero-order chi connectivity index (χ0) is 14.8. The van der Waals surface area contributed by atoms with Gasteiger partial charge in [0.15, 0.2) is 0 Å². The fourth-order valence-electron chi connectivity index (χ4n) is 2.22. The van der Waals surface area contributed by atoms with Crippen molar-refractivity contribution in [2.24, 2.45) is 0 Å². The maximum atomic E-state index is 12.0. The average molecular weight is 362 g/mol. The Morgan fingerprint density at radius 2 is 2.10 bits per heavy atom. The number of nitrogens with one attached hydrogen (secondary N) is 2. The average Bonchev–Trinajstić information content (AvgIpc) is 2.29. The van der Waals surface area contributed by atoms with Crippen LogP contribution in [-0.2, 0) is 4.79 Å². The highest BCUT2D eigenvalue weighted by atomic mass is 79.9. The standard InChI is InChI=1S/C13H14BrClN2O3/c14-8-2-3-10(9(15)6-8)16-12(20)17-13(4-1-5-13)7-11(18)19/h2-3,6H,1,4-5,7H2,(H,18,19)(H2,16,17,20). The van der Waals surface area contributed by atoms with Crippen LogP contribution in [0.2, 0.25) is 5.02 Å². The monoisotopic (exact) mass is 360 g/mol. The Hall–Kier alpha value is -1.27. The predicted molar refractivity (Wildman–Crippen MR) is 80.1 cm³/mol. The summed E-state index contributed by atoms with van der Waals surface area (Å²) in [5.74, 6) is -0.910. The molecule has 20 heavy (non-hydrogen) atoms. The van der Waals surface area contributed by atoms with Gasteiger partial charge in [-0.05, 0) is 37.5 Å². The molecular weight excluding hydrogens is 348 g/mol. The van der Waals surface area contributed by atoms with Crippen molar-refractivity contribution in [2.45, 2.75) is 31.2 Å². The molecule has 2 rings (SSSR count). The molecule has 1 aliphatic rings. The van der Waals surface area contributed by atoms with E-state index in [0.717, 1.165) is 10.9 Å². The van der Waals surface area contributed by atoms with Gasteiger partial charge in [0.1, 0.15) is 0 Å². The summed E-state index contributed by atoms with van der Waals surface area (Å²) >= 11 is 9.29. The van der Waals surface area contributed by atoms with Crippen LogP contribution in [0, 0.1) is 0 Å². The first kappa shape index (κ1) is 15.1. The van der Waals surface area contributed by atoms with Crippen molar-refractivity contribution >= 4 is 45.2 Å². The Labute approximate surface area is 129 Å². The summed E-state index contributed by atoms with van der Waals surface area (Å²) in [4.78, 5) is 22.8. The molecule has 0 saturated heterocycles. The molecule has 0 heterocycles. The van der Waals surface area contributed by atoms with Gasteiger partial charge in [-0.3, -0.25) is 4.79 Å². The molecule has 5 nitrogen and oxygen atoms in total. The van der Waals surface area contributed by atoms with E-state index >= 15 is 0 Å². The second-order valence-electron chi connectivity index (χ2n) is 4.91. The first-order valence-electron chi connectivity index (χ1n) is 6.16. The Balaban J connectivity index is 1.99. The Bertz CT molecular complexity index is 546. The van der Waals surface area contributed by atoms with E-state index in [-0.39, 0.29) is 6.42 Å². The van der Waals surface area contributed by atoms with Gasteiger partial charge in [-0.1, -0.05) is 27.5 Å². The van der Waals surface area contributed by atoms with Crippen LogP contribution in [0.25, 0.3) is 0 Å². The van der Waals surface area contributed by atoms with Crippen molar-refractivity contribution < 1.29 is 14.7 Å². The maximum absolute atomic E-state index is 12.0. The highest BCUT2D eigenvalue weighted by Crippen LogP contribution is 2.35. The Kier molecular flexibility index (Phi) is 4.55. The van der Waals surface area contributed by atoms with Crippen LogP contribution in [0.5, 0.6) is 0 Å². The molecule has 1 aliphatic carbocycles. The number of carboxylic acids is 1. The van der Waals surface area contributed by atoms with E-state index in [1.165, 1.54) is 0 Å². The van der Waals surface area contributed by atoms with Gasteiger partial charge >= 0.3 is 12.0 Å². The van der Waals surface area contributed by atoms with Crippen LogP contribution < -0.4 is 10.6 Å². The molecule has 1 aromatic carbocycles. The molecule has 1 fully saturated rings. The fourth-order valence-corrected chi connectivity index (χ4v) is 2.94. The number of urea groups is 1. The number of carboxylic acid groups (broad SMARTS) is 1. The van der Waals surface area contributed by atoms with Gasteiger partial charge in [0.05, 0.1) is 22.7 Å². The second-order valence-corrected chi connectivity index (χ2v) is 6.23. The zero-order valence-electron chi connectivity index (χ0n) is 10.6. The minimum atomic E-state index is -0.910. The lowest BCUT2D eigenvalue weighted by atomic mass is 9.74. The molecule has 0 spiro atoms. The molecule has 108 valence electrons. The molecule has 0 aromatic heterocycles. The molecule has 3 N–H and O–H groups in total. The molecule has 7 heteroatoms. The molecule has 0 aliphatic heterocycles. The third-order valence-electron chi connectivity index (χ3n) is 3.36. The molecule has 2 amide bonds. The lowest BCUT2D eigenvalue weighted by Gasteiger charge is -2.41. The normalized spacial score (nSPS) is 16.1. The van der Waals surface area contributed by atoms with Crippen molar-refractivity contribution in [1.82, 2.24) is 5.32 Å². The summed E-state index contributed by atoms with van der Waals surface area (Å²) < 4.78 is 0.815. The number of carbonyl (C=O) groups excluding carboxylic acids is 1. The summed E-state index contributed by atoms with van der Waals surface area (Å²) in [6.07, 6.45) is 2.22. The molecule has 0 bridgehead atoms. The van der Waals surface area contributed by atoms with Gasteiger partial charge in [-0.15, -0.1) is 0 Å². The number of hydrogen-bond donors (Lipinski definition) is 3. The molecule has 0 unspecified atom stereocenters. The van der Waals surface area contributed by atoms with Crippen molar-refractivity contribution in [3.63, 3.8) is 0 Å². The maximum Gasteiger partial charge on any atom is 0.319 e. The van der Waals surface area contributed by atoms with E-state index in [1.54, 1.807) is 18.2 Å². The van der Waals surface area contributed by atoms with E-state index in [9.17, 15) is 9.59 Å². The lowest BCUT2D eigenvalue weighted by molar-refractivity contribution is -0.139. The smallest absolute Gasteiger partial charge is 0.319 e. The summed E-state index contributed by atoms with van der Waals surface area (Å²) in [6, 6.07) is 4.68. The number of carbonyl (C=O) groups is 2. The van der Waals surface area contributed by atoms with Gasteiger partial charge < -0.3 is 15.7 Å². The van der Waals surface area contributed by atoms with Crippen molar-refractivity contribution in [3.8, 4) is 0 Å². The van der Waals surface area contributed by atoms with Gasteiger partial charge in [0.25, 0.3) is 0 Å². The number of hydrogen-bond acceptors (Lipinski definition) is 2. The predicted octanol–water partition coefficient (Wildman–Crippen LogP) is 3.62. The van der Waals surface area contributed by atoms with Crippen LogP contribution in [0.3, 0.4) is 0 Å². The zero-order valence-corrected chi connectivity index (χ0v) is 12.9. The SMILES string of the molecule is O=C(O)CC1(NC(=O)Nc2ccc(Br)cc2Cl)CCC1. The number of anilines is 1. The Morgan fingerprint density at radius 1 is 1.40 bits per heavy atom. The van der Waals surface area contributed by atoms with E-state index in [1.807, 2.05) is 0 Å². The quantitative estimate of drug-likeness (QED) is 0.766. The second kappa shape index (κ2) is 6.01. The van der Waals surface area contributed by atoms with Crippen molar-refractivity contribution in [1.29, 1.82) is 0 Å². The van der Waals surface area contributed by atoms with E-state index in [0.29, 0.717) is 23.6 Å². The number of benzene rings is 1. The van der Waals surface area contributed by atoms with Crippen LogP contribution in [0.1, 0.15) is 25.7 Å². The first-order chi connectivity index (χ1) is 9.40. The summed E-state index contributed by atoms with van der Waals surface area (Å²) in [5, 5.41) is 14.7. The van der Waals surface area contributed by atoms with Crippen molar-refractivity contribution in [3.05, 3.63) is 27.7 Å². The Morgan fingerprint density at radius 3 is 2.60 bits per heavy atom. The van der Waals surface area contributed by atoms with E-state index in [4.69, 9.17) is 16.7 Å². The molecule has 0 atom stereocenters. The molecular formula is C13H14BrClN2O3. The first-order valence-corrected chi connectivity index (χ1v) is 7.33. The highest BCUT2D eigenvalue weighted by Gasteiger charge is 2.40. The topological polar surface area (TPSA) is 78.4 Å². The number of halogens is 2. The molecule has 1 aromatic rings. The summed E-state index contributed by atoms with van der Waals surface area (Å²) in [7, 11) is 0. The minimum Gasteiger partial charge on any atom is -0.481 e. The van der Waals surface area contributed by atoms with Crippen molar-refractivity contribution in [2.75, 3.05) is 5.32 Å². The van der Waals surface area contributed by atoms with Gasteiger partial charge in [-0.2, -0.15) is 0 Å². The highest BCUT2D eigenvalue weighted by molar-refractivity contribution is 9.10. The summed E-state index contributed by atoms with van der Waals surface area (Å²) in [5.41, 5.74) is -0.144.